The van der Waals surface area contributed by atoms with Gasteiger partial charge in [0.15, 0.2) is 0 Å². The van der Waals surface area contributed by atoms with Gasteiger partial charge < -0.3 is 19.4 Å². The van der Waals surface area contributed by atoms with E-state index in [1.807, 2.05) is 18.2 Å². The van der Waals surface area contributed by atoms with Crippen LogP contribution in [0.5, 0.6) is 0 Å². The molecule has 21 heavy (non-hydrogen) atoms. The number of para-hydroxylation sites is 1. The van der Waals surface area contributed by atoms with Crippen LogP contribution in [0.25, 0.3) is 11.0 Å². The standard InChI is InChI=1S/C15H17BrN2O3/c1-18-5-6-20-10(8-18)7-17-15(19)12-9-21-14-11(12)3-2-4-13(14)16/h2-4,9-10H,5-8H2,1H3,(H,17,19). The van der Waals surface area contributed by atoms with E-state index < -0.39 is 0 Å². The highest BCUT2D eigenvalue weighted by Crippen LogP contribution is 2.27. The first-order valence-corrected chi connectivity index (χ1v) is 7.68. The zero-order valence-electron chi connectivity index (χ0n) is 11.8. The van der Waals surface area contributed by atoms with Crippen molar-refractivity contribution in [2.45, 2.75) is 6.10 Å². The van der Waals surface area contributed by atoms with E-state index in [4.69, 9.17) is 9.15 Å². The molecule has 1 aliphatic heterocycles. The SMILES string of the molecule is CN1CCOC(CNC(=O)c2coc3c(Br)cccc23)C1. The normalized spacial score (nSPS) is 19.8. The number of halogens is 1. The summed E-state index contributed by atoms with van der Waals surface area (Å²) >= 11 is 3.42. The Bertz CT molecular complexity index is 655. The number of rotatable bonds is 3. The maximum atomic E-state index is 12.3. The van der Waals surface area contributed by atoms with E-state index in [0.29, 0.717) is 24.3 Å². The van der Waals surface area contributed by atoms with E-state index in [9.17, 15) is 4.79 Å². The number of nitrogens with zero attached hydrogens (tertiary/aromatic N) is 1. The van der Waals surface area contributed by atoms with Crippen LogP contribution in [-0.4, -0.2) is 50.2 Å². The highest BCUT2D eigenvalue weighted by molar-refractivity contribution is 9.10. The number of amides is 1. The lowest BCUT2D eigenvalue weighted by Crippen LogP contribution is -2.45. The van der Waals surface area contributed by atoms with Gasteiger partial charge in [-0.3, -0.25) is 4.79 Å². The van der Waals surface area contributed by atoms with Crippen LogP contribution >= 0.6 is 15.9 Å². The molecule has 0 bridgehead atoms. The topological polar surface area (TPSA) is 54.7 Å². The molecule has 0 spiro atoms. The maximum Gasteiger partial charge on any atom is 0.255 e. The molecule has 3 rings (SSSR count). The summed E-state index contributed by atoms with van der Waals surface area (Å²) in [5.41, 5.74) is 1.24. The maximum absolute atomic E-state index is 12.3. The smallest absolute Gasteiger partial charge is 0.255 e. The zero-order chi connectivity index (χ0) is 14.8. The second-order valence-electron chi connectivity index (χ2n) is 5.23. The Morgan fingerprint density at radius 2 is 2.38 bits per heavy atom. The lowest BCUT2D eigenvalue weighted by atomic mass is 10.1. The van der Waals surface area contributed by atoms with Crippen molar-refractivity contribution in [3.8, 4) is 0 Å². The Morgan fingerprint density at radius 1 is 1.52 bits per heavy atom. The lowest BCUT2D eigenvalue weighted by Gasteiger charge is -2.30. The Hall–Kier alpha value is -1.37. The number of hydrogen-bond acceptors (Lipinski definition) is 4. The van der Waals surface area contributed by atoms with Crippen LogP contribution in [0.4, 0.5) is 0 Å². The molecule has 0 saturated carbocycles. The van der Waals surface area contributed by atoms with E-state index >= 15 is 0 Å². The fourth-order valence-electron chi connectivity index (χ4n) is 2.49. The summed E-state index contributed by atoms with van der Waals surface area (Å²) in [5, 5.41) is 3.73. The summed E-state index contributed by atoms with van der Waals surface area (Å²) in [5.74, 6) is -0.135. The Balaban J connectivity index is 1.68. The summed E-state index contributed by atoms with van der Waals surface area (Å²) in [7, 11) is 2.05. The largest absolute Gasteiger partial charge is 0.462 e. The van der Waals surface area contributed by atoms with Gasteiger partial charge in [0.1, 0.15) is 11.8 Å². The van der Waals surface area contributed by atoms with Crippen LogP contribution in [0.2, 0.25) is 0 Å². The van der Waals surface area contributed by atoms with Gasteiger partial charge in [0.25, 0.3) is 5.91 Å². The molecule has 5 nitrogen and oxygen atoms in total. The predicted molar refractivity (Wildman–Crippen MR) is 83.5 cm³/mol. The number of morpholine rings is 1. The van der Waals surface area contributed by atoms with Gasteiger partial charge in [-0.05, 0) is 29.0 Å². The Morgan fingerprint density at radius 3 is 3.19 bits per heavy atom. The van der Waals surface area contributed by atoms with Gasteiger partial charge in [-0.15, -0.1) is 0 Å². The number of likely N-dealkylation sites (N-methyl/N-ethyl adjacent to an activating group) is 1. The van der Waals surface area contributed by atoms with Crippen molar-refractivity contribution in [2.75, 3.05) is 33.3 Å². The second kappa shape index (κ2) is 6.17. The molecule has 1 saturated heterocycles. The number of furan rings is 1. The predicted octanol–water partition coefficient (Wildman–Crippen LogP) is 2.26. The van der Waals surface area contributed by atoms with Crippen molar-refractivity contribution in [1.82, 2.24) is 10.2 Å². The van der Waals surface area contributed by atoms with Crippen molar-refractivity contribution in [2.24, 2.45) is 0 Å². The number of carbonyl (C=O) groups is 1. The molecule has 1 unspecified atom stereocenters. The summed E-state index contributed by atoms with van der Waals surface area (Å²) in [6, 6.07) is 5.65. The van der Waals surface area contributed by atoms with E-state index in [1.54, 1.807) is 0 Å². The number of hydrogen-bond donors (Lipinski definition) is 1. The Kier molecular flexibility index (Phi) is 4.28. The molecule has 1 aliphatic rings. The average Bonchev–Trinajstić information content (AvgIpc) is 2.90. The Labute approximate surface area is 131 Å². The average molecular weight is 353 g/mol. The number of benzene rings is 1. The second-order valence-corrected chi connectivity index (χ2v) is 6.09. The third-order valence-electron chi connectivity index (χ3n) is 3.63. The van der Waals surface area contributed by atoms with Gasteiger partial charge in [0.2, 0.25) is 0 Å². The summed E-state index contributed by atoms with van der Waals surface area (Å²) in [6.45, 7) is 2.98. The van der Waals surface area contributed by atoms with Gasteiger partial charge in [-0.1, -0.05) is 12.1 Å². The van der Waals surface area contributed by atoms with Gasteiger partial charge in [-0.25, -0.2) is 0 Å². The summed E-state index contributed by atoms with van der Waals surface area (Å²) in [4.78, 5) is 14.5. The van der Waals surface area contributed by atoms with Crippen molar-refractivity contribution >= 4 is 32.8 Å². The van der Waals surface area contributed by atoms with Crippen molar-refractivity contribution in [3.05, 3.63) is 34.5 Å². The molecule has 6 heteroatoms. The summed E-state index contributed by atoms with van der Waals surface area (Å²) in [6.07, 6.45) is 1.54. The number of fused-ring (bicyclic) bond motifs is 1. The van der Waals surface area contributed by atoms with E-state index in [0.717, 1.165) is 22.9 Å². The van der Waals surface area contributed by atoms with E-state index in [-0.39, 0.29) is 12.0 Å². The minimum atomic E-state index is -0.135. The van der Waals surface area contributed by atoms with Crippen LogP contribution in [0, 0.1) is 0 Å². The minimum Gasteiger partial charge on any atom is -0.462 e. The molecule has 0 aliphatic carbocycles. The van der Waals surface area contributed by atoms with Crippen LogP contribution in [0.15, 0.2) is 33.4 Å². The third kappa shape index (κ3) is 3.12. The van der Waals surface area contributed by atoms with Crippen LogP contribution < -0.4 is 5.32 Å². The molecule has 1 atom stereocenters. The van der Waals surface area contributed by atoms with Gasteiger partial charge in [-0.2, -0.15) is 0 Å². The lowest BCUT2D eigenvalue weighted by molar-refractivity contribution is -0.0174. The van der Waals surface area contributed by atoms with Gasteiger partial charge in [0.05, 0.1) is 22.7 Å². The van der Waals surface area contributed by atoms with Crippen LogP contribution in [0.3, 0.4) is 0 Å². The molecular weight excluding hydrogens is 336 g/mol. The van der Waals surface area contributed by atoms with Gasteiger partial charge >= 0.3 is 0 Å². The molecule has 1 N–H and O–H groups in total. The molecular formula is C15H17BrN2O3. The van der Waals surface area contributed by atoms with Crippen molar-refractivity contribution in [3.63, 3.8) is 0 Å². The highest BCUT2D eigenvalue weighted by atomic mass is 79.9. The first-order chi connectivity index (χ1) is 10.1. The van der Waals surface area contributed by atoms with Crippen molar-refractivity contribution in [1.29, 1.82) is 0 Å². The van der Waals surface area contributed by atoms with E-state index in [1.165, 1.54) is 6.26 Å². The number of nitrogens with one attached hydrogen (secondary N) is 1. The number of ether oxygens (including phenoxy) is 1. The fourth-order valence-corrected chi connectivity index (χ4v) is 2.95. The third-order valence-corrected chi connectivity index (χ3v) is 4.25. The van der Waals surface area contributed by atoms with Crippen molar-refractivity contribution < 1.29 is 13.9 Å². The van der Waals surface area contributed by atoms with Crippen LogP contribution in [0.1, 0.15) is 10.4 Å². The summed E-state index contributed by atoms with van der Waals surface area (Å²) < 4.78 is 11.9. The first-order valence-electron chi connectivity index (χ1n) is 6.89. The molecule has 1 aromatic carbocycles. The van der Waals surface area contributed by atoms with Crippen LogP contribution in [-0.2, 0) is 4.74 Å². The molecule has 112 valence electrons. The molecule has 1 amide bonds. The minimum absolute atomic E-state index is 0.0394. The molecule has 0 radical (unpaired) electrons. The molecule has 1 fully saturated rings. The van der Waals surface area contributed by atoms with Gasteiger partial charge in [0, 0.05) is 25.0 Å². The number of carbonyl (C=O) groups excluding carboxylic acids is 1. The quantitative estimate of drug-likeness (QED) is 0.920. The zero-order valence-corrected chi connectivity index (χ0v) is 13.4. The highest BCUT2D eigenvalue weighted by Gasteiger charge is 2.20. The molecule has 1 aromatic heterocycles. The first kappa shape index (κ1) is 14.6. The molecule has 2 aromatic rings. The fraction of sp³-hybridized carbons (Fsp3) is 0.400. The van der Waals surface area contributed by atoms with E-state index in [2.05, 4.69) is 33.2 Å². The molecule has 2 heterocycles. The monoisotopic (exact) mass is 352 g/mol.